The summed E-state index contributed by atoms with van der Waals surface area (Å²) in [6.45, 7) is 4.17. The highest BCUT2D eigenvalue weighted by atomic mass is 16.4. The number of carbonyl (C=O) groups excluding carboxylic acids is 1. The molecule has 2 atom stereocenters. The van der Waals surface area contributed by atoms with Crippen molar-refractivity contribution in [1.29, 1.82) is 0 Å². The average Bonchev–Trinajstić information content (AvgIpc) is 2.45. The summed E-state index contributed by atoms with van der Waals surface area (Å²) in [5.74, 6) is -1.31. The van der Waals surface area contributed by atoms with E-state index in [2.05, 4.69) is 0 Å². The van der Waals surface area contributed by atoms with E-state index in [9.17, 15) is 14.7 Å². The number of hydrogen-bond donors (Lipinski definition) is 2. The lowest BCUT2D eigenvalue weighted by atomic mass is 9.91. The minimum atomic E-state index is -0.865. The number of rotatable bonds is 4. The highest BCUT2D eigenvalue weighted by Crippen LogP contribution is 2.30. The minimum Gasteiger partial charge on any atom is -0.481 e. The summed E-state index contributed by atoms with van der Waals surface area (Å²) < 4.78 is 0. The summed E-state index contributed by atoms with van der Waals surface area (Å²) in [4.78, 5) is 25.4. The molecule has 5 heteroatoms. The molecule has 0 saturated carbocycles. The Morgan fingerprint density at radius 2 is 2.05 bits per heavy atom. The zero-order valence-electron chi connectivity index (χ0n) is 12.5. The first-order valence-corrected chi connectivity index (χ1v) is 7.26. The SMILES string of the molecule is CC(C)C(N)CC(=O)N1CC(C(=O)O)Cc2ccccc21. The zero-order chi connectivity index (χ0) is 15.6. The number of carboxylic acid groups (broad SMARTS) is 1. The molecule has 2 unspecified atom stereocenters. The number of aliphatic carboxylic acids is 1. The number of benzene rings is 1. The predicted molar refractivity (Wildman–Crippen MR) is 81.1 cm³/mol. The van der Waals surface area contributed by atoms with Gasteiger partial charge in [0.2, 0.25) is 5.91 Å². The third-order valence-electron chi connectivity index (χ3n) is 4.07. The van der Waals surface area contributed by atoms with Gasteiger partial charge in [-0.3, -0.25) is 9.59 Å². The maximum Gasteiger partial charge on any atom is 0.308 e. The smallest absolute Gasteiger partial charge is 0.308 e. The normalized spacial score (nSPS) is 19.2. The van der Waals surface area contributed by atoms with Gasteiger partial charge in [0.25, 0.3) is 0 Å². The molecule has 1 aromatic carbocycles. The van der Waals surface area contributed by atoms with Crippen molar-refractivity contribution in [2.75, 3.05) is 11.4 Å². The third kappa shape index (κ3) is 3.42. The summed E-state index contributed by atoms with van der Waals surface area (Å²) in [7, 11) is 0. The van der Waals surface area contributed by atoms with Crippen molar-refractivity contribution in [3.05, 3.63) is 29.8 Å². The Morgan fingerprint density at radius 1 is 1.38 bits per heavy atom. The molecule has 3 N–H and O–H groups in total. The second kappa shape index (κ2) is 6.26. The summed E-state index contributed by atoms with van der Waals surface area (Å²) >= 11 is 0. The van der Waals surface area contributed by atoms with Crippen molar-refractivity contribution in [3.8, 4) is 0 Å². The van der Waals surface area contributed by atoms with Crippen molar-refractivity contribution in [2.45, 2.75) is 32.7 Å². The van der Waals surface area contributed by atoms with E-state index in [1.54, 1.807) is 4.90 Å². The first kappa shape index (κ1) is 15.5. The zero-order valence-corrected chi connectivity index (χ0v) is 12.5. The van der Waals surface area contributed by atoms with Gasteiger partial charge in [0.05, 0.1) is 5.92 Å². The largest absolute Gasteiger partial charge is 0.481 e. The Kier molecular flexibility index (Phi) is 4.63. The van der Waals surface area contributed by atoms with Crippen molar-refractivity contribution >= 4 is 17.6 Å². The Bertz CT molecular complexity index is 542. The molecule has 0 radical (unpaired) electrons. The summed E-state index contributed by atoms with van der Waals surface area (Å²) in [6.07, 6.45) is 0.698. The van der Waals surface area contributed by atoms with E-state index in [4.69, 9.17) is 5.73 Å². The maximum atomic E-state index is 12.5. The monoisotopic (exact) mass is 290 g/mol. The van der Waals surface area contributed by atoms with Gasteiger partial charge in [-0.2, -0.15) is 0 Å². The average molecular weight is 290 g/mol. The van der Waals surface area contributed by atoms with Crippen LogP contribution in [0, 0.1) is 11.8 Å². The standard InChI is InChI=1S/C16H22N2O3/c1-10(2)13(17)8-15(19)18-9-12(16(20)21)7-11-5-3-4-6-14(11)18/h3-6,10,12-13H,7-9,17H2,1-2H3,(H,20,21). The maximum absolute atomic E-state index is 12.5. The Balaban J connectivity index is 2.25. The van der Waals surface area contributed by atoms with Gasteiger partial charge in [0.1, 0.15) is 0 Å². The van der Waals surface area contributed by atoms with Gasteiger partial charge in [0, 0.05) is 24.7 Å². The Hall–Kier alpha value is -1.88. The van der Waals surface area contributed by atoms with Gasteiger partial charge >= 0.3 is 5.97 Å². The van der Waals surface area contributed by atoms with Crippen LogP contribution < -0.4 is 10.6 Å². The third-order valence-corrected chi connectivity index (χ3v) is 4.07. The predicted octanol–water partition coefficient (Wildman–Crippen LogP) is 1.65. The van der Waals surface area contributed by atoms with Crippen LogP contribution in [0.5, 0.6) is 0 Å². The van der Waals surface area contributed by atoms with E-state index in [1.807, 2.05) is 38.1 Å². The van der Waals surface area contributed by atoms with Crippen LogP contribution in [0.1, 0.15) is 25.8 Å². The van der Waals surface area contributed by atoms with Gasteiger partial charge in [0.15, 0.2) is 0 Å². The second-order valence-corrected chi connectivity index (χ2v) is 5.98. The molecule has 0 bridgehead atoms. The first-order chi connectivity index (χ1) is 9.90. The number of hydrogen-bond acceptors (Lipinski definition) is 3. The first-order valence-electron chi connectivity index (χ1n) is 7.26. The molecule has 21 heavy (non-hydrogen) atoms. The Morgan fingerprint density at radius 3 is 2.67 bits per heavy atom. The van der Waals surface area contributed by atoms with E-state index in [0.29, 0.717) is 6.42 Å². The van der Waals surface area contributed by atoms with E-state index in [0.717, 1.165) is 11.3 Å². The van der Waals surface area contributed by atoms with Gasteiger partial charge in [-0.25, -0.2) is 0 Å². The van der Waals surface area contributed by atoms with E-state index >= 15 is 0 Å². The minimum absolute atomic E-state index is 0.102. The van der Waals surface area contributed by atoms with Gasteiger partial charge in [-0.15, -0.1) is 0 Å². The van der Waals surface area contributed by atoms with Crippen LogP contribution in [0.15, 0.2) is 24.3 Å². The molecule has 0 fully saturated rings. The number of anilines is 1. The summed E-state index contributed by atoms with van der Waals surface area (Å²) in [5.41, 5.74) is 7.70. The van der Waals surface area contributed by atoms with Gasteiger partial charge in [-0.1, -0.05) is 32.0 Å². The van der Waals surface area contributed by atoms with Crippen LogP contribution in [0.25, 0.3) is 0 Å². The fourth-order valence-corrected chi connectivity index (χ4v) is 2.54. The van der Waals surface area contributed by atoms with Crippen LogP contribution in [0.3, 0.4) is 0 Å². The van der Waals surface area contributed by atoms with E-state index < -0.39 is 11.9 Å². The molecule has 0 spiro atoms. The lowest BCUT2D eigenvalue weighted by molar-refractivity contribution is -0.141. The van der Waals surface area contributed by atoms with Crippen LogP contribution in [-0.2, 0) is 16.0 Å². The fourth-order valence-electron chi connectivity index (χ4n) is 2.54. The number of carboxylic acids is 1. The number of carbonyl (C=O) groups is 2. The van der Waals surface area contributed by atoms with Crippen molar-refractivity contribution in [2.24, 2.45) is 17.6 Å². The molecular weight excluding hydrogens is 268 g/mol. The second-order valence-electron chi connectivity index (χ2n) is 5.98. The fraction of sp³-hybridized carbons (Fsp3) is 0.500. The van der Waals surface area contributed by atoms with E-state index in [1.165, 1.54) is 0 Å². The summed E-state index contributed by atoms with van der Waals surface area (Å²) in [6, 6.07) is 7.27. The molecule has 1 aliphatic rings. The number of nitrogens with zero attached hydrogens (tertiary/aromatic N) is 1. The highest BCUT2D eigenvalue weighted by Gasteiger charge is 2.32. The molecule has 1 aromatic rings. The molecule has 0 aliphatic carbocycles. The highest BCUT2D eigenvalue weighted by molar-refractivity contribution is 5.96. The van der Waals surface area contributed by atoms with Crippen molar-refractivity contribution in [1.82, 2.24) is 0 Å². The molecule has 1 heterocycles. The molecule has 1 amide bonds. The van der Waals surface area contributed by atoms with Crippen molar-refractivity contribution in [3.63, 3.8) is 0 Å². The van der Waals surface area contributed by atoms with Crippen LogP contribution in [-0.4, -0.2) is 29.6 Å². The molecule has 5 nitrogen and oxygen atoms in total. The molecule has 0 saturated heterocycles. The lowest BCUT2D eigenvalue weighted by Crippen LogP contribution is -2.45. The molecule has 114 valence electrons. The lowest BCUT2D eigenvalue weighted by Gasteiger charge is -2.33. The molecular formula is C16H22N2O3. The van der Waals surface area contributed by atoms with E-state index in [-0.39, 0.29) is 30.8 Å². The molecule has 2 rings (SSSR count). The van der Waals surface area contributed by atoms with Gasteiger partial charge < -0.3 is 15.7 Å². The van der Waals surface area contributed by atoms with Crippen LogP contribution in [0.4, 0.5) is 5.69 Å². The quantitative estimate of drug-likeness (QED) is 0.883. The summed E-state index contributed by atoms with van der Waals surface area (Å²) in [5, 5.41) is 9.27. The molecule has 0 aromatic heterocycles. The van der Waals surface area contributed by atoms with Crippen LogP contribution in [0.2, 0.25) is 0 Å². The number of amides is 1. The van der Waals surface area contributed by atoms with Gasteiger partial charge in [-0.05, 0) is 24.0 Å². The number of nitrogens with two attached hydrogens (primary N) is 1. The van der Waals surface area contributed by atoms with Crippen LogP contribution >= 0.6 is 0 Å². The molecule has 1 aliphatic heterocycles. The number of fused-ring (bicyclic) bond motifs is 1. The Labute approximate surface area is 124 Å². The van der Waals surface area contributed by atoms with Crippen molar-refractivity contribution < 1.29 is 14.7 Å². The number of para-hydroxylation sites is 1. The topological polar surface area (TPSA) is 83.6 Å².